The molecule has 1 unspecified atom stereocenters. The van der Waals surface area contributed by atoms with Crippen LogP contribution in [0.15, 0.2) is 0 Å². The van der Waals surface area contributed by atoms with Crippen molar-refractivity contribution in [2.75, 3.05) is 26.4 Å². The molecule has 0 radical (unpaired) electrons. The molecule has 2 aliphatic rings. The fourth-order valence-electron chi connectivity index (χ4n) is 1.96. The molecule has 3 heteroatoms. The van der Waals surface area contributed by atoms with Crippen LogP contribution in [0.25, 0.3) is 0 Å². The van der Waals surface area contributed by atoms with Crippen LogP contribution in [-0.4, -0.2) is 32.2 Å². The molecule has 0 bridgehead atoms. The second-order valence-corrected chi connectivity index (χ2v) is 3.66. The summed E-state index contributed by atoms with van der Waals surface area (Å²) in [4.78, 5) is 11.6. The molecule has 0 aromatic carbocycles. The SMILES string of the molecule is O=C1CCOCC12CCCOC2. The Morgan fingerprint density at radius 2 is 1.92 bits per heavy atom. The summed E-state index contributed by atoms with van der Waals surface area (Å²) in [6, 6.07) is 0. The molecule has 0 N–H and O–H groups in total. The fourth-order valence-corrected chi connectivity index (χ4v) is 1.96. The van der Waals surface area contributed by atoms with Gasteiger partial charge in [0.2, 0.25) is 0 Å². The average molecular weight is 170 g/mol. The molecule has 2 saturated heterocycles. The van der Waals surface area contributed by atoms with E-state index in [4.69, 9.17) is 9.47 Å². The summed E-state index contributed by atoms with van der Waals surface area (Å²) < 4.78 is 10.7. The largest absolute Gasteiger partial charge is 0.380 e. The van der Waals surface area contributed by atoms with Crippen molar-refractivity contribution in [3.8, 4) is 0 Å². The van der Waals surface area contributed by atoms with E-state index in [0.29, 0.717) is 32.0 Å². The second kappa shape index (κ2) is 3.15. The number of carbonyl (C=O) groups is 1. The lowest BCUT2D eigenvalue weighted by Gasteiger charge is -2.37. The van der Waals surface area contributed by atoms with E-state index in [1.807, 2.05) is 0 Å². The third-order valence-corrected chi connectivity index (χ3v) is 2.77. The van der Waals surface area contributed by atoms with Crippen LogP contribution < -0.4 is 0 Å². The number of ether oxygens (including phenoxy) is 2. The Hall–Kier alpha value is -0.410. The number of hydrogen-bond acceptors (Lipinski definition) is 3. The van der Waals surface area contributed by atoms with Gasteiger partial charge in [0.05, 0.1) is 25.2 Å². The van der Waals surface area contributed by atoms with E-state index in [9.17, 15) is 4.79 Å². The van der Waals surface area contributed by atoms with Crippen molar-refractivity contribution in [2.24, 2.45) is 5.41 Å². The highest BCUT2D eigenvalue weighted by atomic mass is 16.5. The number of hydrogen-bond donors (Lipinski definition) is 0. The fraction of sp³-hybridized carbons (Fsp3) is 0.889. The zero-order valence-corrected chi connectivity index (χ0v) is 7.17. The van der Waals surface area contributed by atoms with Crippen molar-refractivity contribution in [2.45, 2.75) is 19.3 Å². The van der Waals surface area contributed by atoms with E-state index in [2.05, 4.69) is 0 Å². The van der Waals surface area contributed by atoms with Gasteiger partial charge in [0, 0.05) is 13.0 Å². The van der Waals surface area contributed by atoms with Crippen LogP contribution in [0.5, 0.6) is 0 Å². The summed E-state index contributed by atoms with van der Waals surface area (Å²) in [5.41, 5.74) is -0.267. The summed E-state index contributed by atoms with van der Waals surface area (Å²) in [5, 5.41) is 0. The van der Waals surface area contributed by atoms with Crippen molar-refractivity contribution in [3.05, 3.63) is 0 Å². The summed E-state index contributed by atoms with van der Waals surface area (Å²) in [6.07, 6.45) is 2.52. The molecule has 2 aliphatic heterocycles. The quantitative estimate of drug-likeness (QED) is 0.538. The van der Waals surface area contributed by atoms with Crippen molar-refractivity contribution in [1.29, 1.82) is 0 Å². The van der Waals surface area contributed by atoms with Gasteiger partial charge in [-0.05, 0) is 12.8 Å². The monoisotopic (exact) mass is 170 g/mol. The molecule has 2 fully saturated rings. The summed E-state index contributed by atoms with van der Waals surface area (Å²) >= 11 is 0. The van der Waals surface area contributed by atoms with Crippen LogP contribution in [0.2, 0.25) is 0 Å². The number of ketones is 1. The summed E-state index contributed by atoms with van der Waals surface area (Å²) in [5.74, 6) is 0.341. The third kappa shape index (κ3) is 1.27. The van der Waals surface area contributed by atoms with Crippen LogP contribution >= 0.6 is 0 Å². The lowest BCUT2D eigenvalue weighted by atomic mass is 9.77. The van der Waals surface area contributed by atoms with Gasteiger partial charge in [0.15, 0.2) is 0 Å². The predicted molar refractivity (Wildman–Crippen MR) is 42.9 cm³/mol. The van der Waals surface area contributed by atoms with Gasteiger partial charge in [-0.25, -0.2) is 0 Å². The zero-order chi connectivity index (χ0) is 8.44. The predicted octanol–water partition coefficient (Wildman–Crippen LogP) is 0.773. The van der Waals surface area contributed by atoms with Crippen LogP contribution in [0.3, 0.4) is 0 Å². The molecule has 2 rings (SSSR count). The lowest BCUT2D eigenvalue weighted by molar-refractivity contribution is -0.152. The summed E-state index contributed by atoms with van der Waals surface area (Å²) in [7, 11) is 0. The molecule has 0 amide bonds. The van der Waals surface area contributed by atoms with E-state index in [1.165, 1.54) is 0 Å². The standard InChI is InChI=1S/C9H14O3/c10-8-2-5-12-7-9(8)3-1-4-11-6-9/h1-7H2. The Morgan fingerprint density at radius 3 is 2.58 bits per heavy atom. The molecule has 1 spiro atoms. The van der Waals surface area contributed by atoms with Gasteiger partial charge in [-0.2, -0.15) is 0 Å². The molecular formula is C9H14O3. The van der Waals surface area contributed by atoms with Crippen molar-refractivity contribution in [1.82, 2.24) is 0 Å². The molecule has 3 nitrogen and oxygen atoms in total. The smallest absolute Gasteiger partial charge is 0.145 e. The van der Waals surface area contributed by atoms with Gasteiger partial charge in [-0.15, -0.1) is 0 Å². The second-order valence-electron chi connectivity index (χ2n) is 3.66. The Bertz CT molecular complexity index is 174. The first-order chi connectivity index (χ1) is 5.83. The van der Waals surface area contributed by atoms with Gasteiger partial charge in [-0.1, -0.05) is 0 Å². The average Bonchev–Trinajstić information content (AvgIpc) is 2.12. The Kier molecular flexibility index (Phi) is 2.15. The molecule has 2 heterocycles. The van der Waals surface area contributed by atoms with Gasteiger partial charge < -0.3 is 9.47 Å². The molecule has 0 aromatic rings. The van der Waals surface area contributed by atoms with Gasteiger partial charge >= 0.3 is 0 Å². The maximum absolute atomic E-state index is 11.6. The van der Waals surface area contributed by atoms with E-state index in [0.717, 1.165) is 19.4 Å². The first-order valence-electron chi connectivity index (χ1n) is 4.52. The van der Waals surface area contributed by atoms with E-state index in [1.54, 1.807) is 0 Å². The maximum atomic E-state index is 11.6. The van der Waals surface area contributed by atoms with Gasteiger partial charge in [-0.3, -0.25) is 4.79 Å². The van der Waals surface area contributed by atoms with Crippen LogP contribution in [0, 0.1) is 5.41 Å². The molecular weight excluding hydrogens is 156 g/mol. The lowest BCUT2D eigenvalue weighted by Crippen LogP contribution is -2.46. The highest BCUT2D eigenvalue weighted by molar-refractivity contribution is 5.85. The van der Waals surface area contributed by atoms with E-state index in [-0.39, 0.29) is 5.41 Å². The van der Waals surface area contributed by atoms with E-state index < -0.39 is 0 Å². The minimum Gasteiger partial charge on any atom is -0.380 e. The van der Waals surface area contributed by atoms with E-state index >= 15 is 0 Å². The highest BCUT2D eigenvalue weighted by Crippen LogP contribution is 2.33. The molecule has 1 atom stereocenters. The first-order valence-corrected chi connectivity index (χ1v) is 4.52. The third-order valence-electron chi connectivity index (χ3n) is 2.77. The Balaban J connectivity index is 2.09. The topological polar surface area (TPSA) is 35.5 Å². The van der Waals surface area contributed by atoms with Crippen molar-refractivity contribution < 1.29 is 14.3 Å². The number of carbonyl (C=O) groups excluding carboxylic acids is 1. The Morgan fingerprint density at radius 1 is 1.17 bits per heavy atom. The van der Waals surface area contributed by atoms with Crippen molar-refractivity contribution in [3.63, 3.8) is 0 Å². The van der Waals surface area contributed by atoms with Crippen LogP contribution in [-0.2, 0) is 14.3 Å². The summed E-state index contributed by atoms with van der Waals surface area (Å²) in [6.45, 7) is 2.55. The molecule has 12 heavy (non-hydrogen) atoms. The minimum absolute atomic E-state index is 0.267. The highest BCUT2D eigenvalue weighted by Gasteiger charge is 2.42. The van der Waals surface area contributed by atoms with Crippen molar-refractivity contribution >= 4 is 5.78 Å². The molecule has 0 saturated carbocycles. The number of Topliss-reactive ketones (excluding diaryl/α,β-unsaturated/α-hetero) is 1. The molecule has 0 aliphatic carbocycles. The first kappa shape index (κ1) is 8.20. The van der Waals surface area contributed by atoms with Gasteiger partial charge in [0.1, 0.15) is 5.78 Å². The van der Waals surface area contributed by atoms with Crippen LogP contribution in [0.1, 0.15) is 19.3 Å². The molecule has 0 aromatic heterocycles. The molecule has 68 valence electrons. The van der Waals surface area contributed by atoms with Gasteiger partial charge in [0.25, 0.3) is 0 Å². The minimum atomic E-state index is -0.267. The Labute approximate surface area is 72.0 Å². The zero-order valence-electron chi connectivity index (χ0n) is 7.17. The normalized spacial score (nSPS) is 37.2. The van der Waals surface area contributed by atoms with Crippen LogP contribution in [0.4, 0.5) is 0 Å². The maximum Gasteiger partial charge on any atom is 0.145 e. The number of rotatable bonds is 0.